The second kappa shape index (κ2) is 5.09. The maximum atomic E-state index is 10.9. The van der Waals surface area contributed by atoms with Crippen molar-refractivity contribution in [3.8, 4) is 5.75 Å². The molecular formula is C13H9N2O3-. The molecular weight excluding hydrogens is 232 g/mol. The van der Waals surface area contributed by atoms with E-state index in [0.29, 0.717) is 11.4 Å². The van der Waals surface area contributed by atoms with Gasteiger partial charge in [0, 0.05) is 0 Å². The molecule has 0 spiro atoms. The molecule has 18 heavy (non-hydrogen) atoms. The highest BCUT2D eigenvalue weighted by Gasteiger charge is 2.02. The molecule has 0 amide bonds. The van der Waals surface area contributed by atoms with Crippen LogP contribution in [0.4, 0.5) is 11.4 Å². The largest absolute Gasteiger partial charge is 0.872 e. The molecule has 0 aliphatic heterocycles. The van der Waals surface area contributed by atoms with Gasteiger partial charge in [0.15, 0.2) is 0 Å². The van der Waals surface area contributed by atoms with E-state index < -0.39 is 5.97 Å². The Hall–Kier alpha value is -2.69. The van der Waals surface area contributed by atoms with Gasteiger partial charge >= 0.3 is 5.97 Å². The minimum Gasteiger partial charge on any atom is -0.872 e. The van der Waals surface area contributed by atoms with Crippen molar-refractivity contribution in [1.82, 2.24) is 0 Å². The monoisotopic (exact) mass is 241 g/mol. The molecule has 5 nitrogen and oxygen atoms in total. The molecule has 0 radical (unpaired) electrons. The van der Waals surface area contributed by atoms with Gasteiger partial charge in [0.1, 0.15) is 0 Å². The third kappa shape index (κ3) is 2.91. The van der Waals surface area contributed by atoms with Gasteiger partial charge < -0.3 is 10.2 Å². The minimum absolute atomic E-state index is 0.0955. The Labute approximate surface area is 103 Å². The van der Waals surface area contributed by atoms with Crippen LogP contribution in [0.2, 0.25) is 0 Å². The molecule has 5 heteroatoms. The van der Waals surface area contributed by atoms with Gasteiger partial charge in [0.25, 0.3) is 0 Å². The first-order valence-corrected chi connectivity index (χ1v) is 5.17. The molecule has 0 bridgehead atoms. The van der Waals surface area contributed by atoms with Crippen LogP contribution in [0.5, 0.6) is 5.75 Å². The van der Waals surface area contributed by atoms with Crippen molar-refractivity contribution in [3.05, 3.63) is 54.1 Å². The van der Waals surface area contributed by atoms with E-state index in [4.69, 9.17) is 5.11 Å². The first-order valence-electron chi connectivity index (χ1n) is 5.17. The molecule has 0 atom stereocenters. The predicted octanol–water partition coefficient (Wildman–Crippen LogP) is 2.87. The topological polar surface area (TPSA) is 85.1 Å². The summed E-state index contributed by atoms with van der Waals surface area (Å²) >= 11 is 0. The Bertz CT molecular complexity index is 591. The Balaban J connectivity index is 2.20. The van der Waals surface area contributed by atoms with Crippen molar-refractivity contribution < 1.29 is 15.0 Å². The highest BCUT2D eigenvalue weighted by atomic mass is 16.4. The van der Waals surface area contributed by atoms with E-state index >= 15 is 0 Å². The summed E-state index contributed by atoms with van der Waals surface area (Å²) in [6, 6.07) is 12.0. The third-order valence-corrected chi connectivity index (χ3v) is 2.21. The van der Waals surface area contributed by atoms with Crippen molar-refractivity contribution in [1.29, 1.82) is 0 Å². The number of benzene rings is 2. The van der Waals surface area contributed by atoms with Gasteiger partial charge in [-0.1, -0.05) is 18.2 Å². The van der Waals surface area contributed by atoms with E-state index in [-0.39, 0.29) is 11.3 Å². The maximum Gasteiger partial charge on any atom is 0.335 e. The second-order valence-corrected chi connectivity index (χ2v) is 3.55. The fourth-order valence-electron chi connectivity index (χ4n) is 1.33. The van der Waals surface area contributed by atoms with Gasteiger partial charge in [0.05, 0.1) is 16.9 Å². The Morgan fingerprint density at radius 3 is 2.33 bits per heavy atom. The van der Waals surface area contributed by atoms with Crippen LogP contribution in [0.15, 0.2) is 58.8 Å². The molecule has 0 aliphatic carbocycles. The van der Waals surface area contributed by atoms with E-state index in [1.54, 1.807) is 24.3 Å². The fraction of sp³-hybridized carbons (Fsp3) is 0. The van der Waals surface area contributed by atoms with Gasteiger partial charge in [-0.3, -0.25) is 0 Å². The number of aromatic carboxylic acids is 1. The number of hydrogen-bond donors (Lipinski definition) is 1. The molecule has 0 aromatic heterocycles. The Morgan fingerprint density at radius 2 is 1.67 bits per heavy atom. The van der Waals surface area contributed by atoms with Gasteiger partial charge in [-0.25, -0.2) is 4.79 Å². The SMILES string of the molecule is O=C(O)c1cccc(N=Nc2ccc([O-])cc2)c1. The number of rotatable bonds is 3. The van der Waals surface area contributed by atoms with Crippen LogP contribution < -0.4 is 5.11 Å². The van der Waals surface area contributed by atoms with Crippen molar-refractivity contribution >= 4 is 17.3 Å². The van der Waals surface area contributed by atoms with Gasteiger partial charge in [-0.05, 0) is 30.3 Å². The number of carboxylic acids is 1. The fourth-order valence-corrected chi connectivity index (χ4v) is 1.33. The number of azo groups is 1. The van der Waals surface area contributed by atoms with Crippen LogP contribution in [0, 0.1) is 0 Å². The van der Waals surface area contributed by atoms with Gasteiger partial charge in [0.2, 0.25) is 0 Å². The van der Waals surface area contributed by atoms with E-state index in [0.717, 1.165) is 0 Å². The van der Waals surface area contributed by atoms with Crippen molar-refractivity contribution in [2.45, 2.75) is 0 Å². The van der Waals surface area contributed by atoms with Crippen molar-refractivity contribution in [2.75, 3.05) is 0 Å². The lowest BCUT2D eigenvalue weighted by molar-refractivity contribution is -0.268. The van der Waals surface area contributed by atoms with E-state index in [1.165, 1.54) is 24.3 Å². The van der Waals surface area contributed by atoms with Crippen LogP contribution in [-0.2, 0) is 0 Å². The van der Waals surface area contributed by atoms with Crippen molar-refractivity contribution in [3.63, 3.8) is 0 Å². The standard InChI is InChI=1S/C13H10N2O3/c16-12-6-4-10(5-7-12)14-15-11-3-1-2-9(8-11)13(17)18/h1-8,16H,(H,17,18)/p-1. The summed E-state index contributed by atoms with van der Waals surface area (Å²) in [5.41, 5.74) is 1.14. The molecule has 0 saturated carbocycles. The minimum atomic E-state index is -1.01. The Kier molecular flexibility index (Phi) is 3.33. The smallest absolute Gasteiger partial charge is 0.335 e. The maximum absolute atomic E-state index is 10.9. The van der Waals surface area contributed by atoms with Gasteiger partial charge in [-0.2, -0.15) is 10.2 Å². The molecule has 2 rings (SSSR count). The molecule has 90 valence electrons. The number of hydrogen-bond acceptors (Lipinski definition) is 4. The molecule has 2 aromatic carbocycles. The highest BCUT2D eigenvalue weighted by Crippen LogP contribution is 2.20. The quantitative estimate of drug-likeness (QED) is 0.838. The molecule has 0 heterocycles. The summed E-state index contributed by atoms with van der Waals surface area (Å²) in [4.78, 5) is 10.8. The molecule has 0 fully saturated rings. The second-order valence-electron chi connectivity index (χ2n) is 3.55. The van der Waals surface area contributed by atoms with Gasteiger partial charge in [-0.15, -0.1) is 5.75 Å². The first-order chi connectivity index (χ1) is 8.65. The average molecular weight is 241 g/mol. The zero-order chi connectivity index (χ0) is 13.0. The lowest BCUT2D eigenvalue weighted by Gasteiger charge is -2.02. The summed E-state index contributed by atoms with van der Waals surface area (Å²) in [6.07, 6.45) is 0. The molecule has 0 unspecified atom stereocenters. The molecule has 0 aliphatic rings. The normalized spacial score (nSPS) is 10.7. The summed E-state index contributed by atoms with van der Waals surface area (Å²) in [5, 5.41) is 27.5. The average Bonchev–Trinajstić information content (AvgIpc) is 2.38. The summed E-state index contributed by atoms with van der Waals surface area (Å²) in [7, 11) is 0. The summed E-state index contributed by atoms with van der Waals surface area (Å²) < 4.78 is 0. The van der Waals surface area contributed by atoms with E-state index in [1.807, 2.05) is 0 Å². The first kappa shape index (κ1) is 11.8. The van der Waals surface area contributed by atoms with E-state index in [9.17, 15) is 9.90 Å². The number of nitrogens with zero attached hydrogens (tertiary/aromatic N) is 2. The third-order valence-electron chi connectivity index (χ3n) is 2.21. The lowest BCUT2D eigenvalue weighted by atomic mass is 10.2. The predicted molar refractivity (Wildman–Crippen MR) is 63.5 cm³/mol. The van der Waals surface area contributed by atoms with E-state index in [2.05, 4.69) is 10.2 Å². The summed E-state index contributed by atoms with van der Waals surface area (Å²) in [5.74, 6) is -1.11. The molecule has 1 N–H and O–H groups in total. The van der Waals surface area contributed by atoms with Crippen LogP contribution >= 0.6 is 0 Å². The van der Waals surface area contributed by atoms with Crippen LogP contribution in [0.25, 0.3) is 0 Å². The zero-order valence-electron chi connectivity index (χ0n) is 9.28. The molecule has 2 aromatic rings. The van der Waals surface area contributed by atoms with Crippen LogP contribution in [-0.4, -0.2) is 11.1 Å². The summed E-state index contributed by atoms with van der Waals surface area (Å²) in [6.45, 7) is 0. The van der Waals surface area contributed by atoms with Crippen molar-refractivity contribution in [2.24, 2.45) is 10.2 Å². The van der Waals surface area contributed by atoms with Crippen LogP contribution in [0.1, 0.15) is 10.4 Å². The van der Waals surface area contributed by atoms with Crippen LogP contribution in [0.3, 0.4) is 0 Å². The Morgan fingerprint density at radius 1 is 1.00 bits per heavy atom. The lowest BCUT2D eigenvalue weighted by Crippen LogP contribution is -1.94. The zero-order valence-corrected chi connectivity index (χ0v) is 9.28. The molecule has 0 saturated heterocycles. The number of carboxylic acid groups (broad SMARTS) is 1. The highest BCUT2D eigenvalue weighted by molar-refractivity contribution is 5.88. The number of carbonyl (C=O) groups is 1.